The fourth-order valence-electron chi connectivity index (χ4n) is 3.06. The fraction of sp³-hybridized carbons (Fsp3) is 0.250. The van der Waals surface area contributed by atoms with E-state index in [1.54, 1.807) is 29.2 Å². The van der Waals surface area contributed by atoms with Crippen molar-refractivity contribution < 1.29 is 14.4 Å². The van der Waals surface area contributed by atoms with Gasteiger partial charge in [0, 0.05) is 18.7 Å². The molecule has 6 nitrogen and oxygen atoms in total. The Morgan fingerprint density at radius 3 is 2.59 bits per heavy atom. The number of carbonyl (C=O) groups excluding carboxylic acids is 3. The van der Waals surface area contributed by atoms with E-state index in [9.17, 15) is 14.4 Å². The van der Waals surface area contributed by atoms with Crippen LogP contribution in [0.1, 0.15) is 27.9 Å². The molecule has 1 aliphatic rings. The first-order valence-corrected chi connectivity index (χ1v) is 8.97. The molecule has 0 aliphatic carbocycles. The Bertz CT molecular complexity index is 913. The van der Waals surface area contributed by atoms with Crippen LogP contribution in [0.5, 0.6) is 0 Å². The number of rotatable bonds is 3. The Labute approximate surface area is 162 Å². The van der Waals surface area contributed by atoms with Crippen molar-refractivity contribution in [2.75, 3.05) is 11.4 Å². The molecule has 2 N–H and O–H groups in total. The molecule has 0 spiro atoms. The molecule has 3 amide bonds. The van der Waals surface area contributed by atoms with Crippen LogP contribution in [0, 0.1) is 19.8 Å². The summed E-state index contributed by atoms with van der Waals surface area (Å²) in [6.07, 6.45) is 0.0984. The molecule has 3 rings (SSSR count). The number of nitrogens with one attached hydrogen (secondary N) is 2. The van der Waals surface area contributed by atoms with Gasteiger partial charge in [-0.3, -0.25) is 25.2 Å². The fourth-order valence-corrected chi connectivity index (χ4v) is 3.28. The molecule has 1 aliphatic heterocycles. The third-order valence-corrected chi connectivity index (χ3v) is 4.90. The highest BCUT2D eigenvalue weighted by atomic mass is 35.5. The SMILES string of the molecule is Cc1ccc(C)c(N2C[C@@H](C(=O)NNC(=O)c3ccccc3Cl)CC2=O)c1. The van der Waals surface area contributed by atoms with Crippen LogP contribution in [0.4, 0.5) is 5.69 Å². The van der Waals surface area contributed by atoms with E-state index in [0.717, 1.165) is 16.8 Å². The van der Waals surface area contributed by atoms with Crippen LogP contribution in [0.15, 0.2) is 42.5 Å². The maximum Gasteiger partial charge on any atom is 0.271 e. The highest BCUT2D eigenvalue weighted by molar-refractivity contribution is 6.33. The Morgan fingerprint density at radius 2 is 1.85 bits per heavy atom. The Morgan fingerprint density at radius 1 is 1.11 bits per heavy atom. The average Bonchev–Trinajstić information content (AvgIpc) is 3.03. The highest BCUT2D eigenvalue weighted by Gasteiger charge is 2.35. The summed E-state index contributed by atoms with van der Waals surface area (Å²) in [6.45, 7) is 4.16. The van der Waals surface area contributed by atoms with E-state index in [-0.39, 0.29) is 24.4 Å². The van der Waals surface area contributed by atoms with Crippen molar-refractivity contribution in [1.29, 1.82) is 0 Å². The van der Waals surface area contributed by atoms with Gasteiger partial charge in [-0.1, -0.05) is 35.9 Å². The number of benzene rings is 2. The van der Waals surface area contributed by atoms with E-state index in [2.05, 4.69) is 10.9 Å². The highest BCUT2D eigenvalue weighted by Crippen LogP contribution is 2.28. The van der Waals surface area contributed by atoms with Crippen molar-refractivity contribution >= 4 is 35.0 Å². The first-order chi connectivity index (χ1) is 12.9. The van der Waals surface area contributed by atoms with Gasteiger partial charge in [-0.25, -0.2) is 0 Å². The topological polar surface area (TPSA) is 78.5 Å². The van der Waals surface area contributed by atoms with E-state index in [0.29, 0.717) is 5.02 Å². The average molecular weight is 386 g/mol. The third-order valence-electron chi connectivity index (χ3n) is 4.57. The van der Waals surface area contributed by atoms with E-state index >= 15 is 0 Å². The van der Waals surface area contributed by atoms with Crippen molar-refractivity contribution in [3.8, 4) is 0 Å². The van der Waals surface area contributed by atoms with E-state index < -0.39 is 17.7 Å². The maximum atomic E-state index is 12.4. The lowest BCUT2D eigenvalue weighted by molar-refractivity contribution is -0.126. The molecular formula is C20H20ClN3O3. The Kier molecular flexibility index (Phi) is 5.46. The molecule has 1 atom stereocenters. The lowest BCUT2D eigenvalue weighted by Crippen LogP contribution is -2.45. The molecule has 140 valence electrons. The monoisotopic (exact) mass is 385 g/mol. The smallest absolute Gasteiger partial charge is 0.271 e. The molecule has 2 aromatic carbocycles. The minimum atomic E-state index is -0.538. The molecule has 1 fully saturated rings. The zero-order valence-corrected chi connectivity index (χ0v) is 15.8. The summed E-state index contributed by atoms with van der Waals surface area (Å²) < 4.78 is 0. The molecule has 2 aromatic rings. The van der Waals surface area contributed by atoms with Crippen LogP contribution >= 0.6 is 11.6 Å². The van der Waals surface area contributed by atoms with Gasteiger partial charge in [0.1, 0.15) is 0 Å². The first kappa shape index (κ1) is 18.9. The summed E-state index contributed by atoms with van der Waals surface area (Å²) >= 11 is 5.97. The quantitative estimate of drug-likeness (QED) is 0.797. The lowest BCUT2D eigenvalue weighted by Gasteiger charge is -2.19. The van der Waals surface area contributed by atoms with Gasteiger partial charge in [0.05, 0.1) is 16.5 Å². The second-order valence-corrected chi connectivity index (χ2v) is 7.03. The van der Waals surface area contributed by atoms with Gasteiger partial charge >= 0.3 is 0 Å². The van der Waals surface area contributed by atoms with Gasteiger partial charge in [-0.05, 0) is 43.2 Å². The molecule has 1 saturated heterocycles. The van der Waals surface area contributed by atoms with Crippen LogP contribution in [0.25, 0.3) is 0 Å². The van der Waals surface area contributed by atoms with Crippen LogP contribution in [-0.2, 0) is 9.59 Å². The summed E-state index contributed by atoms with van der Waals surface area (Å²) in [4.78, 5) is 38.6. The summed E-state index contributed by atoms with van der Waals surface area (Å²) in [7, 11) is 0. The number of carbonyl (C=O) groups is 3. The summed E-state index contributed by atoms with van der Waals surface area (Å²) in [5.74, 6) is -1.56. The van der Waals surface area contributed by atoms with Gasteiger partial charge in [0.2, 0.25) is 11.8 Å². The van der Waals surface area contributed by atoms with Crippen molar-refractivity contribution in [3.63, 3.8) is 0 Å². The molecule has 0 aromatic heterocycles. The number of hydrazine groups is 1. The summed E-state index contributed by atoms with van der Waals surface area (Å²) in [6, 6.07) is 12.4. The molecular weight excluding hydrogens is 366 g/mol. The van der Waals surface area contributed by atoms with E-state index in [1.165, 1.54) is 0 Å². The summed E-state index contributed by atoms with van der Waals surface area (Å²) in [5.41, 5.74) is 7.84. The van der Waals surface area contributed by atoms with Gasteiger partial charge in [-0.2, -0.15) is 0 Å². The Hall–Kier alpha value is -2.86. The van der Waals surface area contributed by atoms with Gasteiger partial charge in [-0.15, -0.1) is 0 Å². The lowest BCUT2D eigenvalue weighted by atomic mass is 10.1. The largest absolute Gasteiger partial charge is 0.311 e. The minimum absolute atomic E-state index is 0.0984. The van der Waals surface area contributed by atoms with Crippen LogP contribution in [-0.4, -0.2) is 24.3 Å². The second-order valence-electron chi connectivity index (χ2n) is 6.62. The Balaban J connectivity index is 1.63. The molecule has 1 heterocycles. The number of nitrogens with zero attached hydrogens (tertiary/aromatic N) is 1. The number of amides is 3. The molecule has 0 bridgehead atoms. The number of anilines is 1. The minimum Gasteiger partial charge on any atom is -0.311 e. The molecule has 0 radical (unpaired) electrons. The van der Waals surface area contributed by atoms with Crippen molar-refractivity contribution in [2.24, 2.45) is 5.92 Å². The molecule has 0 saturated carbocycles. The zero-order chi connectivity index (χ0) is 19.6. The van der Waals surface area contributed by atoms with Gasteiger partial charge < -0.3 is 4.90 Å². The molecule has 27 heavy (non-hydrogen) atoms. The summed E-state index contributed by atoms with van der Waals surface area (Å²) in [5, 5.41) is 0.293. The van der Waals surface area contributed by atoms with Gasteiger partial charge in [0.15, 0.2) is 0 Å². The van der Waals surface area contributed by atoms with E-state index in [1.807, 2.05) is 32.0 Å². The van der Waals surface area contributed by atoms with Crippen LogP contribution in [0.3, 0.4) is 0 Å². The predicted octanol–water partition coefficient (Wildman–Crippen LogP) is 2.77. The normalized spacial score (nSPS) is 16.3. The maximum absolute atomic E-state index is 12.4. The molecule has 7 heteroatoms. The van der Waals surface area contributed by atoms with Crippen LogP contribution in [0.2, 0.25) is 5.02 Å². The standard InChI is InChI=1S/C20H20ClN3O3/c1-12-7-8-13(2)17(9-12)24-11-14(10-18(24)25)19(26)22-23-20(27)15-5-3-4-6-16(15)21/h3-9,14H,10-11H2,1-2H3,(H,22,26)(H,23,27)/t14-/m0/s1. The van der Waals surface area contributed by atoms with Crippen molar-refractivity contribution in [1.82, 2.24) is 10.9 Å². The first-order valence-electron chi connectivity index (χ1n) is 8.59. The van der Waals surface area contributed by atoms with Crippen molar-refractivity contribution in [3.05, 3.63) is 64.2 Å². The third kappa shape index (κ3) is 4.11. The molecule has 0 unspecified atom stereocenters. The number of hydrogen-bond donors (Lipinski definition) is 2. The number of halogens is 1. The van der Waals surface area contributed by atoms with Crippen LogP contribution < -0.4 is 15.8 Å². The second kappa shape index (κ2) is 7.80. The number of aryl methyl sites for hydroxylation is 2. The number of hydrogen-bond acceptors (Lipinski definition) is 3. The predicted molar refractivity (Wildman–Crippen MR) is 103 cm³/mol. The zero-order valence-electron chi connectivity index (χ0n) is 15.1. The van der Waals surface area contributed by atoms with Gasteiger partial charge in [0.25, 0.3) is 5.91 Å². The van der Waals surface area contributed by atoms with Crippen molar-refractivity contribution in [2.45, 2.75) is 20.3 Å². The van der Waals surface area contributed by atoms with E-state index in [4.69, 9.17) is 11.6 Å².